The second-order valence-corrected chi connectivity index (χ2v) is 5.25. The Morgan fingerprint density at radius 1 is 1.50 bits per heavy atom. The van der Waals surface area contributed by atoms with Crippen LogP contribution in [-0.4, -0.2) is 21.8 Å². The quantitative estimate of drug-likeness (QED) is 0.844. The first-order valence-electron chi connectivity index (χ1n) is 6.12. The molecule has 1 atom stereocenters. The molecule has 1 N–H and O–H groups in total. The highest BCUT2D eigenvalue weighted by molar-refractivity contribution is 6.30. The molecule has 18 heavy (non-hydrogen) atoms. The van der Waals surface area contributed by atoms with Crippen LogP contribution in [0.15, 0.2) is 9.59 Å². The first kappa shape index (κ1) is 13.4. The molecule has 6 heteroatoms. The Bertz CT molecular complexity index is 555. The number of hydrogen-bond donors (Lipinski definition) is 1. The Hall–Kier alpha value is -1.07. The smallest absolute Gasteiger partial charge is 0.329 e. The van der Waals surface area contributed by atoms with Gasteiger partial charge < -0.3 is 4.74 Å². The lowest BCUT2D eigenvalue weighted by atomic mass is 10.0. The summed E-state index contributed by atoms with van der Waals surface area (Å²) in [7, 11) is 0. The SMILES string of the molecule is CCc1c(Cl)[nH]c(=O)n(CC2(C)CCCO2)c1=O. The molecule has 1 saturated heterocycles. The topological polar surface area (TPSA) is 64.1 Å². The van der Waals surface area contributed by atoms with E-state index in [1.807, 2.05) is 13.8 Å². The summed E-state index contributed by atoms with van der Waals surface area (Å²) < 4.78 is 6.80. The number of H-pyrrole nitrogens is 1. The molecule has 100 valence electrons. The number of aromatic nitrogens is 2. The third-order valence-corrected chi connectivity index (χ3v) is 3.70. The van der Waals surface area contributed by atoms with Crippen molar-refractivity contribution in [1.82, 2.24) is 9.55 Å². The van der Waals surface area contributed by atoms with Crippen molar-refractivity contribution in [2.45, 2.75) is 45.3 Å². The summed E-state index contributed by atoms with van der Waals surface area (Å²) >= 11 is 5.86. The maximum Gasteiger partial charge on any atom is 0.329 e. The number of nitrogens with zero attached hydrogens (tertiary/aromatic N) is 1. The third-order valence-electron chi connectivity index (χ3n) is 3.38. The lowest BCUT2D eigenvalue weighted by Crippen LogP contribution is -2.44. The van der Waals surface area contributed by atoms with Crippen molar-refractivity contribution in [3.8, 4) is 0 Å². The fourth-order valence-electron chi connectivity index (χ4n) is 2.33. The van der Waals surface area contributed by atoms with Crippen LogP contribution in [0.3, 0.4) is 0 Å². The molecule has 2 rings (SSSR count). The standard InChI is InChI=1S/C12H17ClN2O3/c1-3-8-9(13)14-11(17)15(10(8)16)7-12(2)5-4-6-18-12/h3-7H2,1-2H3,(H,14,17). The van der Waals surface area contributed by atoms with Gasteiger partial charge in [0.2, 0.25) is 0 Å². The normalized spacial score (nSPS) is 23.5. The molecule has 1 aliphatic heterocycles. The minimum absolute atomic E-state index is 0.140. The maximum atomic E-state index is 12.2. The van der Waals surface area contributed by atoms with Crippen LogP contribution in [0.5, 0.6) is 0 Å². The zero-order chi connectivity index (χ0) is 13.3. The Balaban J connectivity index is 2.45. The van der Waals surface area contributed by atoms with Gasteiger partial charge >= 0.3 is 5.69 Å². The number of rotatable bonds is 3. The molecule has 5 nitrogen and oxygen atoms in total. The van der Waals surface area contributed by atoms with E-state index in [4.69, 9.17) is 16.3 Å². The lowest BCUT2D eigenvalue weighted by Gasteiger charge is -2.23. The van der Waals surface area contributed by atoms with Crippen molar-refractivity contribution >= 4 is 11.6 Å². The molecule has 0 aliphatic carbocycles. The van der Waals surface area contributed by atoms with Gasteiger partial charge in [-0.25, -0.2) is 4.79 Å². The molecular weight excluding hydrogens is 256 g/mol. The summed E-state index contributed by atoms with van der Waals surface area (Å²) in [5, 5.41) is 0.140. The predicted octanol–water partition coefficient (Wildman–Crippen LogP) is 1.32. The second kappa shape index (κ2) is 4.90. The first-order chi connectivity index (χ1) is 8.47. The number of aromatic amines is 1. The Labute approximate surface area is 110 Å². The number of halogens is 1. The van der Waals surface area contributed by atoms with Crippen molar-refractivity contribution in [3.63, 3.8) is 0 Å². The van der Waals surface area contributed by atoms with Crippen LogP contribution in [-0.2, 0) is 17.7 Å². The van der Waals surface area contributed by atoms with Crippen LogP contribution in [0.1, 0.15) is 32.3 Å². The highest BCUT2D eigenvalue weighted by atomic mass is 35.5. The van der Waals surface area contributed by atoms with Gasteiger partial charge in [-0.3, -0.25) is 14.3 Å². The van der Waals surface area contributed by atoms with E-state index in [0.29, 0.717) is 18.6 Å². The van der Waals surface area contributed by atoms with Crippen LogP contribution in [0.25, 0.3) is 0 Å². The van der Waals surface area contributed by atoms with Gasteiger partial charge in [-0.2, -0.15) is 0 Å². The highest BCUT2D eigenvalue weighted by Gasteiger charge is 2.31. The van der Waals surface area contributed by atoms with Gasteiger partial charge in [-0.1, -0.05) is 18.5 Å². The van der Waals surface area contributed by atoms with Gasteiger partial charge in [-0.05, 0) is 26.2 Å². The molecule has 1 unspecified atom stereocenters. The largest absolute Gasteiger partial charge is 0.373 e. The molecule has 0 radical (unpaired) electrons. The molecular formula is C12H17ClN2O3. The summed E-state index contributed by atoms with van der Waals surface area (Å²) in [5.41, 5.74) is -0.782. The molecule has 0 bridgehead atoms. The first-order valence-corrected chi connectivity index (χ1v) is 6.50. The van der Waals surface area contributed by atoms with E-state index in [2.05, 4.69) is 4.98 Å². The van der Waals surface area contributed by atoms with E-state index >= 15 is 0 Å². The van der Waals surface area contributed by atoms with Gasteiger partial charge in [-0.15, -0.1) is 0 Å². The Morgan fingerprint density at radius 2 is 2.22 bits per heavy atom. The van der Waals surface area contributed by atoms with E-state index in [-0.39, 0.29) is 17.3 Å². The summed E-state index contributed by atoms with van der Waals surface area (Å²) in [6.07, 6.45) is 2.30. The van der Waals surface area contributed by atoms with Crippen LogP contribution >= 0.6 is 11.6 Å². The van der Waals surface area contributed by atoms with Gasteiger partial charge in [0.15, 0.2) is 0 Å². The molecule has 0 spiro atoms. The van der Waals surface area contributed by atoms with Crippen LogP contribution in [0.4, 0.5) is 0 Å². The number of hydrogen-bond acceptors (Lipinski definition) is 3. The zero-order valence-corrected chi connectivity index (χ0v) is 11.3. The fourth-order valence-corrected chi connectivity index (χ4v) is 2.63. The van der Waals surface area contributed by atoms with Crippen molar-refractivity contribution in [2.24, 2.45) is 0 Å². The molecule has 1 fully saturated rings. The van der Waals surface area contributed by atoms with Gasteiger partial charge in [0, 0.05) is 6.61 Å². The van der Waals surface area contributed by atoms with Crippen molar-refractivity contribution in [1.29, 1.82) is 0 Å². The average Bonchev–Trinajstić information content (AvgIpc) is 2.72. The minimum atomic E-state index is -0.473. The van der Waals surface area contributed by atoms with Crippen molar-refractivity contribution in [3.05, 3.63) is 31.6 Å². The zero-order valence-electron chi connectivity index (χ0n) is 10.6. The summed E-state index contributed by atoms with van der Waals surface area (Å²) in [6.45, 7) is 4.70. The number of ether oxygens (including phenoxy) is 1. The molecule has 1 aromatic heterocycles. The minimum Gasteiger partial charge on any atom is -0.373 e. The van der Waals surface area contributed by atoms with Gasteiger partial charge in [0.05, 0.1) is 17.7 Å². The molecule has 0 saturated carbocycles. The van der Waals surface area contributed by atoms with Crippen LogP contribution in [0.2, 0.25) is 5.15 Å². The molecule has 1 aromatic rings. The Morgan fingerprint density at radius 3 is 2.78 bits per heavy atom. The fraction of sp³-hybridized carbons (Fsp3) is 0.667. The Kier molecular flexibility index (Phi) is 3.64. The van der Waals surface area contributed by atoms with E-state index in [0.717, 1.165) is 12.8 Å². The van der Waals surface area contributed by atoms with E-state index in [1.165, 1.54) is 4.57 Å². The average molecular weight is 273 g/mol. The van der Waals surface area contributed by atoms with Gasteiger partial charge in [0.25, 0.3) is 5.56 Å². The molecule has 1 aliphatic rings. The highest BCUT2D eigenvalue weighted by Crippen LogP contribution is 2.25. The molecule has 0 amide bonds. The van der Waals surface area contributed by atoms with E-state index in [9.17, 15) is 9.59 Å². The monoisotopic (exact) mass is 272 g/mol. The summed E-state index contributed by atoms with van der Waals surface area (Å²) in [5.74, 6) is 0. The van der Waals surface area contributed by atoms with Crippen molar-refractivity contribution in [2.75, 3.05) is 6.61 Å². The summed E-state index contributed by atoms with van der Waals surface area (Å²) in [6, 6.07) is 0. The van der Waals surface area contributed by atoms with E-state index in [1.54, 1.807) is 0 Å². The third kappa shape index (κ3) is 2.37. The van der Waals surface area contributed by atoms with Gasteiger partial charge in [0.1, 0.15) is 5.15 Å². The number of nitrogens with one attached hydrogen (secondary N) is 1. The second-order valence-electron chi connectivity index (χ2n) is 4.87. The van der Waals surface area contributed by atoms with Crippen LogP contribution < -0.4 is 11.2 Å². The predicted molar refractivity (Wildman–Crippen MR) is 69.3 cm³/mol. The van der Waals surface area contributed by atoms with Crippen molar-refractivity contribution < 1.29 is 4.74 Å². The maximum absolute atomic E-state index is 12.2. The van der Waals surface area contributed by atoms with Crippen LogP contribution in [0, 0.1) is 0 Å². The lowest BCUT2D eigenvalue weighted by molar-refractivity contribution is 0.00445. The van der Waals surface area contributed by atoms with E-state index < -0.39 is 11.3 Å². The summed E-state index contributed by atoms with van der Waals surface area (Å²) in [4.78, 5) is 26.5. The molecule has 0 aromatic carbocycles. The molecule has 2 heterocycles.